The molecule has 2 aromatic carbocycles. The number of carbonyl (C=O) groups is 1. The second-order valence-electron chi connectivity index (χ2n) is 8.56. The molecule has 1 N–H and O–H groups in total. The second-order valence-corrected chi connectivity index (χ2v) is 10.5. The standard InChI is InChI=1S/C25H31N5O4S/c1-3-29(4-2)35(33,34)20-12-13-23(28-14-8-5-9-15-28)22(16-20)27-24(31)18-30-25(32)21-11-7-6-10-19(21)17-26-30/h6-7,10-13,16-17H,3-5,8-9,14-15,18H2,1-2H3,(H,27,31). The van der Waals surface area contributed by atoms with E-state index < -0.39 is 15.9 Å². The Kier molecular flexibility index (Phi) is 7.51. The summed E-state index contributed by atoms with van der Waals surface area (Å²) >= 11 is 0. The molecule has 0 radical (unpaired) electrons. The van der Waals surface area contributed by atoms with Crippen LogP contribution < -0.4 is 15.8 Å². The third-order valence-electron chi connectivity index (χ3n) is 6.34. The normalized spacial score (nSPS) is 14.4. The van der Waals surface area contributed by atoms with E-state index in [1.54, 1.807) is 50.4 Å². The van der Waals surface area contributed by atoms with Gasteiger partial charge in [-0.1, -0.05) is 32.0 Å². The summed E-state index contributed by atoms with van der Waals surface area (Å²) in [6, 6.07) is 12.0. The zero-order valence-electron chi connectivity index (χ0n) is 20.1. The largest absolute Gasteiger partial charge is 0.370 e. The van der Waals surface area contributed by atoms with Gasteiger partial charge in [-0.3, -0.25) is 9.59 Å². The molecule has 4 rings (SSSR count). The van der Waals surface area contributed by atoms with Crippen LogP contribution in [0, 0.1) is 0 Å². The Labute approximate surface area is 205 Å². The monoisotopic (exact) mass is 497 g/mol. The van der Waals surface area contributed by atoms with Crippen LogP contribution in [0.3, 0.4) is 0 Å². The molecule has 0 bridgehead atoms. The summed E-state index contributed by atoms with van der Waals surface area (Å²) in [4.78, 5) is 28.1. The lowest BCUT2D eigenvalue weighted by Gasteiger charge is -2.31. The molecule has 186 valence electrons. The van der Waals surface area contributed by atoms with Crippen molar-refractivity contribution in [2.24, 2.45) is 0 Å². The van der Waals surface area contributed by atoms with Crippen molar-refractivity contribution in [2.75, 3.05) is 36.4 Å². The van der Waals surface area contributed by atoms with Crippen molar-refractivity contribution >= 4 is 38.1 Å². The van der Waals surface area contributed by atoms with E-state index in [1.165, 1.54) is 10.4 Å². The van der Waals surface area contributed by atoms with Crippen molar-refractivity contribution in [3.05, 3.63) is 59.0 Å². The van der Waals surface area contributed by atoms with Crippen LogP contribution in [-0.2, 0) is 21.4 Å². The van der Waals surface area contributed by atoms with Crippen molar-refractivity contribution in [2.45, 2.75) is 44.6 Å². The molecule has 0 aliphatic carbocycles. The quantitative estimate of drug-likeness (QED) is 0.513. The van der Waals surface area contributed by atoms with E-state index in [0.717, 1.165) is 42.7 Å². The fourth-order valence-corrected chi connectivity index (χ4v) is 5.95. The minimum absolute atomic E-state index is 0.123. The number of nitrogens with one attached hydrogen (secondary N) is 1. The van der Waals surface area contributed by atoms with E-state index in [0.29, 0.717) is 29.5 Å². The Morgan fingerprint density at radius 3 is 2.49 bits per heavy atom. The number of anilines is 2. The molecule has 1 aliphatic heterocycles. The molecule has 2 heterocycles. The van der Waals surface area contributed by atoms with Gasteiger partial charge < -0.3 is 10.2 Å². The first-order valence-electron chi connectivity index (χ1n) is 12.0. The maximum atomic E-state index is 13.1. The minimum Gasteiger partial charge on any atom is -0.370 e. The van der Waals surface area contributed by atoms with Crippen LogP contribution in [0.2, 0.25) is 0 Å². The summed E-state index contributed by atoms with van der Waals surface area (Å²) in [5.74, 6) is -0.453. The van der Waals surface area contributed by atoms with Gasteiger partial charge in [0.15, 0.2) is 0 Å². The molecule has 0 atom stereocenters. The molecule has 0 spiro atoms. The van der Waals surface area contributed by atoms with Crippen LogP contribution in [0.5, 0.6) is 0 Å². The van der Waals surface area contributed by atoms with Crippen LogP contribution >= 0.6 is 0 Å². The highest BCUT2D eigenvalue weighted by Gasteiger charge is 2.25. The predicted octanol–water partition coefficient (Wildman–Crippen LogP) is 3.06. The van der Waals surface area contributed by atoms with Gasteiger partial charge in [0.25, 0.3) is 5.56 Å². The van der Waals surface area contributed by atoms with Crippen molar-refractivity contribution in [3.8, 4) is 0 Å². The summed E-state index contributed by atoms with van der Waals surface area (Å²) in [6.45, 7) is 5.67. The zero-order chi connectivity index (χ0) is 25.0. The molecule has 9 nitrogen and oxygen atoms in total. The number of fused-ring (bicyclic) bond motifs is 1. The SMILES string of the molecule is CCN(CC)S(=O)(=O)c1ccc(N2CCCCC2)c(NC(=O)Cn2ncc3ccccc3c2=O)c1. The van der Waals surface area contributed by atoms with Gasteiger partial charge in [-0.25, -0.2) is 13.1 Å². The van der Waals surface area contributed by atoms with Gasteiger partial charge in [0.05, 0.1) is 27.9 Å². The summed E-state index contributed by atoms with van der Waals surface area (Å²) in [6.07, 6.45) is 4.76. The lowest BCUT2D eigenvalue weighted by molar-refractivity contribution is -0.117. The second kappa shape index (κ2) is 10.6. The zero-order valence-corrected chi connectivity index (χ0v) is 20.9. The lowest BCUT2D eigenvalue weighted by Crippen LogP contribution is -2.33. The smallest absolute Gasteiger partial charge is 0.275 e. The number of hydrogen-bond donors (Lipinski definition) is 1. The van der Waals surface area contributed by atoms with Crippen molar-refractivity contribution in [3.63, 3.8) is 0 Å². The summed E-state index contributed by atoms with van der Waals surface area (Å²) in [7, 11) is -3.70. The van der Waals surface area contributed by atoms with E-state index in [1.807, 2.05) is 6.07 Å². The third kappa shape index (κ3) is 5.23. The van der Waals surface area contributed by atoms with Crippen LogP contribution in [0.15, 0.2) is 58.4 Å². The first kappa shape index (κ1) is 24.9. The predicted molar refractivity (Wildman–Crippen MR) is 137 cm³/mol. The molecule has 1 amide bonds. The van der Waals surface area contributed by atoms with E-state index in [2.05, 4.69) is 15.3 Å². The number of piperidine rings is 1. The van der Waals surface area contributed by atoms with Gasteiger partial charge in [0, 0.05) is 31.6 Å². The Morgan fingerprint density at radius 2 is 1.77 bits per heavy atom. The van der Waals surface area contributed by atoms with Crippen LogP contribution in [-0.4, -0.2) is 54.6 Å². The topological polar surface area (TPSA) is 105 Å². The number of carbonyl (C=O) groups excluding carboxylic acids is 1. The number of amides is 1. The van der Waals surface area contributed by atoms with E-state index in [9.17, 15) is 18.0 Å². The molecular weight excluding hydrogens is 466 g/mol. The molecular formula is C25H31N5O4S. The molecule has 1 aliphatic rings. The number of rotatable bonds is 8. The van der Waals surface area contributed by atoms with E-state index in [-0.39, 0.29) is 17.0 Å². The Hall–Kier alpha value is -3.24. The number of nitrogens with zero attached hydrogens (tertiary/aromatic N) is 4. The van der Waals surface area contributed by atoms with Gasteiger partial charge in [-0.15, -0.1) is 0 Å². The number of benzene rings is 2. The number of aromatic nitrogens is 2. The van der Waals surface area contributed by atoms with E-state index >= 15 is 0 Å². The minimum atomic E-state index is -3.70. The first-order chi connectivity index (χ1) is 16.8. The lowest BCUT2D eigenvalue weighted by atomic mass is 10.1. The van der Waals surface area contributed by atoms with Crippen molar-refractivity contribution in [1.29, 1.82) is 0 Å². The third-order valence-corrected chi connectivity index (χ3v) is 8.38. The fourth-order valence-electron chi connectivity index (χ4n) is 4.46. The maximum absolute atomic E-state index is 13.1. The fraction of sp³-hybridized carbons (Fsp3) is 0.400. The summed E-state index contributed by atoms with van der Waals surface area (Å²) < 4.78 is 28.8. The highest BCUT2D eigenvalue weighted by molar-refractivity contribution is 7.89. The Morgan fingerprint density at radius 1 is 1.06 bits per heavy atom. The molecule has 1 aromatic heterocycles. The van der Waals surface area contributed by atoms with Gasteiger partial charge in [-0.2, -0.15) is 9.40 Å². The van der Waals surface area contributed by atoms with Crippen LogP contribution in [0.1, 0.15) is 33.1 Å². The average molecular weight is 498 g/mol. The molecule has 1 saturated heterocycles. The van der Waals surface area contributed by atoms with E-state index in [4.69, 9.17) is 0 Å². The highest BCUT2D eigenvalue weighted by atomic mass is 32.2. The molecule has 1 fully saturated rings. The van der Waals surface area contributed by atoms with Crippen LogP contribution in [0.4, 0.5) is 11.4 Å². The molecule has 0 unspecified atom stereocenters. The van der Waals surface area contributed by atoms with Gasteiger partial charge >= 0.3 is 0 Å². The average Bonchev–Trinajstić information content (AvgIpc) is 2.87. The summed E-state index contributed by atoms with van der Waals surface area (Å²) in [5.41, 5.74) is 0.835. The number of sulfonamides is 1. The number of hydrogen-bond acceptors (Lipinski definition) is 6. The Bertz CT molecular complexity index is 1380. The van der Waals surface area contributed by atoms with Gasteiger partial charge in [-0.05, 0) is 43.5 Å². The molecule has 10 heteroatoms. The van der Waals surface area contributed by atoms with Crippen molar-refractivity contribution in [1.82, 2.24) is 14.1 Å². The first-order valence-corrected chi connectivity index (χ1v) is 13.4. The summed E-state index contributed by atoms with van der Waals surface area (Å²) in [5, 5.41) is 8.18. The van der Waals surface area contributed by atoms with Crippen molar-refractivity contribution < 1.29 is 13.2 Å². The Balaban J connectivity index is 1.66. The van der Waals surface area contributed by atoms with Gasteiger partial charge in [0.1, 0.15) is 6.54 Å². The highest BCUT2D eigenvalue weighted by Crippen LogP contribution is 2.32. The van der Waals surface area contributed by atoms with Crippen LogP contribution in [0.25, 0.3) is 10.8 Å². The maximum Gasteiger partial charge on any atom is 0.275 e. The molecule has 0 saturated carbocycles. The molecule has 3 aromatic rings. The van der Waals surface area contributed by atoms with Gasteiger partial charge in [0.2, 0.25) is 15.9 Å². The molecule has 35 heavy (non-hydrogen) atoms.